The van der Waals surface area contributed by atoms with Gasteiger partial charge in [0, 0.05) is 31.3 Å². The maximum absolute atomic E-state index is 13.6. The molecule has 3 aromatic rings. The molecule has 31 heavy (non-hydrogen) atoms. The van der Waals surface area contributed by atoms with Gasteiger partial charge in [-0.05, 0) is 36.8 Å². The summed E-state index contributed by atoms with van der Waals surface area (Å²) in [7, 11) is 1.65. The second-order valence-electron chi connectivity index (χ2n) is 6.58. The maximum Gasteiger partial charge on any atom is 0.251 e. The molecular formula is C22H25FIN5O2. The lowest BCUT2D eigenvalue weighted by Gasteiger charge is -2.11. The molecule has 0 bridgehead atoms. The molecule has 1 heterocycles. The summed E-state index contributed by atoms with van der Waals surface area (Å²) in [5.74, 6) is 0.406. The second-order valence-corrected chi connectivity index (χ2v) is 6.58. The first-order valence-corrected chi connectivity index (χ1v) is 9.55. The number of hydrogen-bond donors (Lipinski definition) is 3. The van der Waals surface area contributed by atoms with Gasteiger partial charge in [0.1, 0.15) is 12.1 Å². The van der Waals surface area contributed by atoms with E-state index in [2.05, 4.69) is 25.9 Å². The third-order valence-corrected chi connectivity index (χ3v) is 4.37. The van der Waals surface area contributed by atoms with Crippen LogP contribution < -0.4 is 16.0 Å². The van der Waals surface area contributed by atoms with Crippen LogP contribution in [0.5, 0.6) is 0 Å². The van der Waals surface area contributed by atoms with E-state index in [1.54, 1.807) is 32.4 Å². The Kier molecular flexibility index (Phi) is 9.44. The van der Waals surface area contributed by atoms with Crippen molar-refractivity contribution < 1.29 is 13.6 Å². The zero-order valence-corrected chi connectivity index (χ0v) is 19.6. The smallest absolute Gasteiger partial charge is 0.251 e. The van der Waals surface area contributed by atoms with E-state index in [-0.39, 0.29) is 29.9 Å². The molecule has 0 saturated carbocycles. The Morgan fingerprint density at radius 2 is 1.84 bits per heavy atom. The first-order valence-electron chi connectivity index (χ1n) is 9.55. The largest absolute Gasteiger partial charge is 0.444 e. The Morgan fingerprint density at radius 3 is 2.55 bits per heavy atom. The number of rotatable bonds is 7. The van der Waals surface area contributed by atoms with Gasteiger partial charge in [-0.3, -0.25) is 9.79 Å². The van der Waals surface area contributed by atoms with Gasteiger partial charge in [0.2, 0.25) is 5.89 Å². The summed E-state index contributed by atoms with van der Waals surface area (Å²) in [5, 5.41) is 8.98. The molecule has 2 aromatic carbocycles. The van der Waals surface area contributed by atoms with Crippen LogP contribution in [0.2, 0.25) is 0 Å². The highest BCUT2D eigenvalue weighted by Gasteiger charge is 2.09. The molecule has 0 atom stereocenters. The third kappa shape index (κ3) is 7.06. The van der Waals surface area contributed by atoms with Crippen LogP contribution in [0, 0.1) is 12.7 Å². The van der Waals surface area contributed by atoms with Crippen LogP contribution in [0.15, 0.2) is 64.2 Å². The van der Waals surface area contributed by atoms with Gasteiger partial charge in [0.15, 0.2) is 5.96 Å². The van der Waals surface area contributed by atoms with Gasteiger partial charge < -0.3 is 20.4 Å². The Hall–Kier alpha value is -2.95. The minimum atomic E-state index is -0.395. The number of benzene rings is 2. The second kappa shape index (κ2) is 12.0. The summed E-state index contributed by atoms with van der Waals surface area (Å²) in [6, 6.07) is 14.1. The number of aliphatic imine (C=N–C) groups is 1. The van der Waals surface area contributed by atoms with Gasteiger partial charge in [-0.25, -0.2) is 9.37 Å². The first kappa shape index (κ1) is 24.3. The fourth-order valence-electron chi connectivity index (χ4n) is 2.69. The summed E-state index contributed by atoms with van der Waals surface area (Å²) in [6.07, 6.45) is 1.60. The van der Waals surface area contributed by atoms with Crippen LogP contribution in [-0.4, -0.2) is 37.0 Å². The quantitative estimate of drug-likeness (QED) is 0.186. The van der Waals surface area contributed by atoms with Gasteiger partial charge in [0.25, 0.3) is 5.91 Å². The van der Waals surface area contributed by atoms with E-state index in [0.717, 1.165) is 11.3 Å². The van der Waals surface area contributed by atoms with Gasteiger partial charge in [0.05, 0.1) is 12.2 Å². The maximum atomic E-state index is 13.6. The molecule has 0 aliphatic carbocycles. The molecule has 0 unspecified atom stereocenters. The van der Waals surface area contributed by atoms with Gasteiger partial charge in [-0.2, -0.15) is 0 Å². The number of carbonyl (C=O) groups excluding carboxylic acids is 1. The molecule has 7 nitrogen and oxygen atoms in total. The standard InChI is InChI=1S/C22H24FN5O2.HI/c1-15-8-9-17(12-19(15)23)20(29)25-10-11-26-22(24-2)27-13-18-14-30-21(28-18)16-6-4-3-5-7-16;/h3-9,12,14H,10-11,13H2,1-2H3,(H,25,29)(H2,24,26,27);1H. The molecule has 1 aromatic heterocycles. The molecule has 164 valence electrons. The van der Waals surface area contributed by atoms with Crippen LogP contribution in [0.4, 0.5) is 4.39 Å². The fraction of sp³-hybridized carbons (Fsp3) is 0.227. The Bertz CT molecular complexity index is 1020. The van der Waals surface area contributed by atoms with Crippen LogP contribution in [0.1, 0.15) is 21.6 Å². The predicted molar refractivity (Wildman–Crippen MR) is 129 cm³/mol. The van der Waals surface area contributed by atoms with E-state index in [1.165, 1.54) is 6.07 Å². The van der Waals surface area contributed by atoms with Gasteiger partial charge in [-0.1, -0.05) is 24.3 Å². The number of carbonyl (C=O) groups is 1. The summed E-state index contributed by atoms with van der Waals surface area (Å²) < 4.78 is 19.1. The van der Waals surface area contributed by atoms with Crippen molar-refractivity contribution in [3.05, 3.63) is 77.4 Å². The Morgan fingerprint density at radius 1 is 1.10 bits per heavy atom. The fourth-order valence-corrected chi connectivity index (χ4v) is 2.69. The van der Waals surface area contributed by atoms with Gasteiger partial charge in [-0.15, -0.1) is 24.0 Å². The molecule has 9 heteroatoms. The zero-order valence-electron chi connectivity index (χ0n) is 17.3. The molecule has 3 rings (SSSR count). The number of aryl methyl sites for hydroxylation is 1. The summed E-state index contributed by atoms with van der Waals surface area (Å²) in [4.78, 5) is 20.7. The first-order chi connectivity index (χ1) is 14.6. The van der Waals surface area contributed by atoms with E-state index in [0.29, 0.717) is 42.6 Å². The average molecular weight is 537 g/mol. The lowest BCUT2D eigenvalue weighted by Crippen LogP contribution is -2.41. The highest BCUT2D eigenvalue weighted by Crippen LogP contribution is 2.17. The minimum absolute atomic E-state index is 0. The molecule has 0 saturated heterocycles. The molecule has 0 aliphatic rings. The SMILES string of the molecule is CN=C(NCCNC(=O)c1ccc(C)c(F)c1)NCc1coc(-c2ccccc2)n1.I. The van der Waals surface area contributed by atoms with Crippen molar-refractivity contribution in [1.29, 1.82) is 0 Å². The van der Waals surface area contributed by atoms with Crippen LogP contribution in [0.25, 0.3) is 11.5 Å². The molecule has 1 amide bonds. The van der Waals surface area contributed by atoms with Crippen LogP contribution >= 0.6 is 24.0 Å². The number of guanidine groups is 1. The van der Waals surface area contributed by atoms with E-state index in [9.17, 15) is 9.18 Å². The number of nitrogens with one attached hydrogen (secondary N) is 3. The minimum Gasteiger partial charge on any atom is -0.444 e. The summed E-state index contributed by atoms with van der Waals surface area (Å²) in [5.41, 5.74) is 2.45. The lowest BCUT2D eigenvalue weighted by molar-refractivity contribution is 0.0954. The Labute approximate surface area is 197 Å². The number of aromatic nitrogens is 1. The molecule has 0 fully saturated rings. The van der Waals surface area contributed by atoms with Crippen molar-refractivity contribution in [2.45, 2.75) is 13.5 Å². The lowest BCUT2D eigenvalue weighted by atomic mass is 10.1. The average Bonchev–Trinajstić information content (AvgIpc) is 3.24. The Balaban J connectivity index is 0.00000341. The van der Waals surface area contributed by atoms with E-state index < -0.39 is 5.82 Å². The highest BCUT2D eigenvalue weighted by atomic mass is 127. The molecule has 0 spiro atoms. The number of nitrogens with zero attached hydrogens (tertiary/aromatic N) is 2. The van der Waals surface area contributed by atoms with Crippen molar-refractivity contribution in [3.8, 4) is 11.5 Å². The normalized spacial score (nSPS) is 10.9. The van der Waals surface area contributed by atoms with Crippen molar-refractivity contribution in [3.63, 3.8) is 0 Å². The molecule has 0 aliphatic heterocycles. The van der Waals surface area contributed by atoms with Crippen molar-refractivity contribution in [2.24, 2.45) is 4.99 Å². The van der Waals surface area contributed by atoms with Crippen LogP contribution in [-0.2, 0) is 6.54 Å². The van der Waals surface area contributed by atoms with E-state index in [4.69, 9.17) is 4.42 Å². The number of oxazole rings is 1. The summed E-state index contributed by atoms with van der Waals surface area (Å²) >= 11 is 0. The van der Waals surface area contributed by atoms with Crippen molar-refractivity contribution >= 4 is 35.8 Å². The molecule has 0 radical (unpaired) electrons. The van der Waals surface area contributed by atoms with Crippen molar-refractivity contribution in [2.75, 3.05) is 20.1 Å². The number of halogens is 2. The summed E-state index contributed by atoms with van der Waals surface area (Å²) in [6.45, 7) is 2.90. The topological polar surface area (TPSA) is 91.5 Å². The van der Waals surface area contributed by atoms with E-state index in [1.807, 2.05) is 30.3 Å². The van der Waals surface area contributed by atoms with Crippen LogP contribution in [0.3, 0.4) is 0 Å². The number of amides is 1. The van der Waals surface area contributed by atoms with E-state index >= 15 is 0 Å². The van der Waals surface area contributed by atoms with Crippen molar-refractivity contribution in [1.82, 2.24) is 20.9 Å². The zero-order chi connectivity index (χ0) is 21.3. The monoisotopic (exact) mass is 537 g/mol. The molecule has 3 N–H and O–H groups in total. The number of hydrogen-bond acceptors (Lipinski definition) is 4. The highest BCUT2D eigenvalue weighted by molar-refractivity contribution is 14.0. The third-order valence-electron chi connectivity index (χ3n) is 4.37. The molecular weight excluding hydrogens is 512 g/mol. The van der Waals surface area contributed by atoms with Gasteiger partial charge >= 0.3 is 0 Å². The predicted octanol–water partition coefficient (Wildman–Crippen LogP) is 3.50.